The first-order valence-electron chi connectivity index (χ1n) is 9.66. The Balaban J connectivity index is 1.25. The van der Waals surface area contributed by atoms with Crippen LogP contribution in [0.25, 0.3) is 5.70 Å². The Morgan fingerprint density at radius 2 is 2.29 bits per heavy atom. The number of aryl methyl sites for hydroxylation is 1. The van der Waals surface area contributed by atoms with Crippen LogP contribution in [-0.4, -0.2) is 59.0 Å². The lowest BCUT2D eigenvalue weighted by atomic mass is 9.77. The average molecular weight is 398 g/mol. The second-order valence-corrected chi connectivity index (χ2v) is 8.82. The van der Waals surface area contributed by atoms with Crippen LogP contribution in [0.5, 0.6) is 0 Å². The van der Waals surface area contributed by atoms with E-state index in [0.717, 1.165) is 48.6 Å². The number of fused-ring (bicyclic) bond motifs is 2. The third kappa shape index (κ3) is 2.87. The molecule has 0 bridgehead atoms. The van der Waals surface area contributed by atoms with Gasteiger partial charge in [-0.05, 0) is 35.6 Å². The van der Waals surface area contributed by atoms with E-state index in [2.05, 4.69) is 44.6 Å². The second kappa shape index (κ2) is 6.55. The fourth-order valence-corrected chi connectivity index (χ4v) is 5.72. The van der Waals surface area contributed by atoms with Gasteiger partial charge in [-0.25, -0.2) is 4.79 Å². The van der Waals surface area contributed by atoms with E-state index < -0.39 is 5.54 Å². The summed E-state index contributed by atoms with van der Waals surface area (Å²) in [5, 5.41) is 9.87. The summed E-state index contributed by atoms with van der Waals surface area (Å²) in [4.78, 5) is 30.7. The SMILES string of the molecule is C=C(NCC1CSC2=NCCN21)c1ccc2c(c1)CCC1(C2)NC(=O)NC1=O. The summed E-state index contributed by atoms with van der Waals surface area (Å²) in [5.74, 6) is 0.858. The standard InChI is InChI=1S/C20H23N5O2S/c1-12(22-10-16-11-28-19-21-6-7-25(16)19)13-2-3-15-9-20(5-4-14(15)8-13)17(26)23-18(27)24-20/h2-3,8,16,22H,1,4-7,9-11H2,(H2,23,24,26,27). The highest BCUT2D eigenvalue weighted by molar-refractivity contribution is 8.14. The molecule has 0 saturated carbocycles. The first kappa shape index (κ1) is 17.6. The molecule has 0 aromatic heterocycles. The molecule has 3 aliphatic heterocycles. The van der Waals surface area contributed by atoms with Gasteiger partial charge >= 0.3 is 6.03 Å². The number of aliphatic imine (C=N–C) groups is 1. The fraction of sp³-hybridized carbons (Fsp3) is 0.450. The van der Waals surface area contributed by atoms with Gasteiger partial charge in [-0.1, -0.05) is 30.5 Å². The molecule has 0 radical (unpaired) electrons. The van der Waals surface area contributed by atoms with Gasteiger partial charge in [0.2, 0.25) is 0 Å². The minimum Gasteiger partial charge on any atom is -0.383 e. The van der Waals surface area contributed by atoms with Crippen LogP contribution in [-0.2, 0) is 17.6 Å². The van der Waals surface area contributed by atoms with Gasteiger partial charge in [-0.15, -0.1) is 0 Å². The number of urea groups is 1. The first-order chi connectivity index (χ1) is 13.5. The third-order valence-corrected chi connectivity index (χ3v) is 7.29. The van der Waals surface area contributed by atoms with Crippen molar-refractivity contribution in [3.05, 3.63) is 41.5 Å². The van der Waals surface area contributed by atoms with E-state index in [0.29, 0.717) is 18.9 Å². The molecule has 1 aromatic carbocycles. The summed E-state index contributed by atoms with van der Waals surface area (Å²) in [6, 6.07) is 6.35. The summed E-state index contributed by atoms with van der Waals surface area (Å²) < 4.78 is 0. The van der Waals surface area contributed by atoms with Gasteiger partial charge in [-0.3, -0.25) is 15.1 Å². The highest BCUT2D eigenvalue weighted by Gasteiger charge is 2.47. The predicted molar refractivity (Wildman–Crippen MR) is 110 cm³/mol. The minimum absolute atomic E-state index is 0.211. The molecule has 1 spiro atoms. The van der Waals surface area contributed by atoms with Gasteiger partial charge in [0.15, 0.2) is 5.17 Å². The van der Waals surface area contributed by atoms with Crippen molar-refractivity contribution in [3.63, 3.8) is 0 Å². The van der Waals surface area contributed by atoms with Crippen LogP contribution in [0.4, 0.5) is 4.79 Å². The molecule has 3 amide bonds. The summed E-state index contributed by atoms with van der Waals surface area (Å²) in [6.45, 7) is 7.01. The zero-order valence-electron chi connectivity index (χ0n) is 15.6. The number of hydrogen-bond donors (Lipinski definition) is 3. The number of benzene rings is 1. The zero-order valence-corrected chi connectivity index (χ0v) is 16.4. The maximum absolute atomic E-state index is 12.2. The number of hydrogen-bond acceptors (Lipinski definition) is 6. The molecule has 146 valence electrons. The summed E-state index contributed by atoms with van der Waals surface area (Å²) >= 11 is 1.84. The largest absolute Gasteiger partial charge is 0.383 e. The van der Waals surface area contributed by atoms with E-state index in [1.807, 2.05) is 17.8 Å². The van der Waals surface area contributed by atoms with Crippen molar-refractivity contribution in [1.82, 2.24) is 20.9 Å². The smallest absolute Gasteiger partial charge is 0.322 e. The number of nitrogens with one attached hydrogen (secondary N) is 3. The molecule has 7 nitrogen and oxygen atoms in total. The van der Waals surface area contributed by atoms with Gasteiger partial charge in [0.1, 0.15) is 5.54 Å². The molecule has 1 aromatic rings. The molecule has 3 heterocycles. The number of carbonyl (C=O) groups excluding carboxylic acids is 2. The van der Waals surface area contributed by atoms with E-state index in [1.54, 1.807) is 0 Å². The minimum atomic E-state index is -0.782. The van der Waals surface area contributed by atoms with Crippen molar-refractivity contribution in [3.8, 4) is 0 Å². The average Bonchev–Trinajstić information content (AvgIpc) is 3.35. The Morgan fingerprint density at radius 1 is 1.39 bits per heavy atom. The third-order valence-electron chi connectivity index (χ3n) is 6.11. The van der Waals surface area contributed by atoms with Crippen molar-refractivity contribution in [2.24, 2.45) is 4.99 Å². The van der Waals surface area contributed by atoms with Gasteiger partial charge in [-0.2, -0.15) is 0 Å². The molecular formula is C20H23N5O2S. The topological polar surface area (TPSA) is 85.8 Å². The molecule has 2 unspecified atom stereocenters. The number of rotatable bonds is 4. The van der Waals surface area contributed by atoms with Crippen LogP contribution in [0.2, 0.25) is 0 Å². The lowest BCUT2D eigenvalue weighted by Gasteiger charge is -2.32. The van der Waals surface area contributed by atoms with Gasteiger partial charge < -0.3 is 15.5 Å². The van der Waals surface area contributed by atoms with Crippen molar-refractivity contribution in [2.75, 3.05) is 25.4 Å². The number of imide groups is 1. The highest BCUT2D eigenvalue weighted by Crippen LogP contribution is 2.32. The van der Waals surface area contributed by atoms with E-state index in [9.17, 15) is 9.59 Å². The number of amides is 3. The van der Waals surface area contributed by atoms with Gasteiger partial charge in [0.25, 0.3) is 5.91 Å². The number of nitrogens with zero attached hydrogens (tertiary/aromatic N) is 2. The molecule has 2 saturated heterocycles. The van der Waals surface area contributed by atoms with E-state index >= 15 is 0 Å². The fourth-order valence-electron chi connectivity index (χ4n) is 4.49. The quantitative estimate of drug-likeness (QED) is 0.663. The van der Waals surface area contributed by atoms with Crippen LogP contribution in [0.15, 0.2) is 29.8 Å². The summed E-state index contributed by atoms with van der Waals surface area (Å²) in [7, 11) is 0. The Hall–Kier alpha value is -2.48. The molecule has 2 atom stereocenters. The van der Waals surface area contributed by atoms with Crippen molar-refractivity contribution in [1.29, 1.82) is 0 Å². The lowest BCUT2D eigenvalue weighted by molar-refractivity contribution is -0.124. The van der Waals surface area contributed by atoms with Crippen LogP contribution in [0, 0.1) is 0 Å². The first-order valence-corrected chi connectivity index (χ1v) is 10.7. The van der Waals surface area contributed by atoms with Gasteiger partial charge in [0.05, 0.1) is 12.6 Å². The van der Waals surface area contributed by atoms with Crippen LogP contribution < -0.4 is 16.0 Å². The lowest BCUT2D eigenvalue weighted by Crippen LogP contribution is -2.51. The molecule has 3 N–H and O–H groups in total. The molecule has 2 fully saturated rings. The summed E-state index contributed by atoms with van der Waals surface area (Å²) in [5.41, 5.74) is 3.56. The van der Waals surface area contributed by atoms with Crippen LogP contribution >= 0.6 is 11.8 Å². The number of thioether (sulfide) groups is 1. The van der Waals surface area contributed by atoms with Crippen molar-refractivity contribution in [2.45, 2.75) is 30.8 Å². The highest BCUT2D eigenvalue weighted by atomic mass is 32.2. The maximum atomic E-state index is 12.2. The van der Waals surface area contributed by atoms with Crippen molar-refractivity contribution < 1.29 is 9.59 Å². The van der Waals surface area contributed by atoms with Crippen LogP contribution in [0.1, 0.15) is 23.1 Å². The number of amidine groups is 1. The predicted octanol–water partition coefficient (Wildman–Crippen LogP) is 1.10. The summed E-state index contributed by atoms with van der Waals surface area (Å²) in [6.07, 6.45) is 1.92. The Kier molecular flexibility index (Phi) is 4.12. The zero-order chi connectivity index (χ0) is 19.3. The van der Waals surface area contributed by atoms with E-state index in [1.165, 1.54) is 10.7 Å². The molecule has 1 aliphatic carbocycles. The van der Waals surface area contributed by atoms with Crippen LogP contribution in [0.3, 0.4) is 0 Å². The Morgan fingerprint density at radius 3 is 3.11 bits per heavy atom. The van der Waals surface area contributed by atoms with E-state index in [4.69, 9.17) is 0 Å². The van der Waals surface area contributed by atoms with Crippen molar-refractivity contribution >= 4 is 34.6 Å². The Labute approximate surface area is 168 Å². The number of carbonyl (C=O) groups is 2. The maximum Gasteiger partial charge on any atom is 0.322 e. The van der Waals surface area contributed by atoms with E-state index in [-0.39, 0.29) is 11.9 Å². The normalized spacial score (nSPS) is 27.9. The molecule has 5 rings (SSSR count). The monoisotopic (exact) mass is 397 g/mol. The Bertz CT molecular complexity index is 914. The molecule has 8 heteroatoms. The molecular weight excluding hydrogens is 374 g/mol. The molecule has 4 aliphatic rings. The van der Waals surface area contributed by atoms with Gasteiger partial charge in [0, 0.05) is 31.0 Å². The second-order valence-electron chi connectivity index (χ2n) is 7.83. The molecule has 28 heavy (non-hydrogen) atoms.